The Morgan fingerprint density at radius 1 is 0.415 bits per heavy atom. The van der Waals surface area contributed by atoms with Gasteiger partial charge >= 0.3 is 11.9 Å². The Hall–Kier alpha value is -16.2. The molecule has 0 spiro atoms. The number of halogens is 2. The third-order valence-corrected chi connectivity index (χ3v) is 24.3. The van der Waals surface area contributed by atoms with Crippen molar-refractivity contribution >= 4 is 94.6 Å². The smallest absolute Gasteiger partial charge is 0.306 e. The lowest BCUT2D eigenvalue weighted by atomic mass is 10.00. The lowest BCUT2D eigenvalue weighted by Gasteiger charge is -2.15. The highest BCUT2D eigenvalue weighted by molar-refractivity contribution is 6.02. The van der Waals surface area contributed by atoms with Gasteiger partial charge < -0.3 is 93.3 Å². The molecule has 2 fully saturated rings. The van der Waals surface area contributed by atoms with Crippen molar-refractivity contribution in [2.24, 2.45) is 14.1 Å². The van der Waals surface area contributed by atoms with E-state index in [-0.39, 0.29) is 141 Å². The number of carbonyl (C=O) groups excluding carboxylic acids is 2. The summed E-state index contributed by atoms with van der Waals surface area (Å²) in [6.45, 7) is 2.98. The number of aromatic hydroxyl groups is 3. The number of nitrogens with two attached hydrogens (primary N) is 1. The molecule has 4 aliphatic heterocycles. The summed E-state index contributed by atoms with van der Waals surface area (Å²) in [6.07, 6.45) is 2.98. The van der Waals surface area contributed by atoms with Crippen molar-refractivity contribution in [3.63, 3.8) is 0 Å². The summed E-state index contributed by atoms with van der Waals surface area (Å²) in [5.74, 6) is 0.783. The van der Waals surface area contributed by atoms with Crippen molar-refractivity contribution in [1.29, 1.82) is 0 Å². The van der Waals surface area contributed by atoms with E-state index in [0.29, 0.717) is 123 Å². The molecule has 0 unspecified atom stereocenters. The normalized spacial score (nSPS) is 13.3. The minimum absolute atomic E-state index is 0.0402. The lowest BCUT2D eigenvalue weighted by Crippen LogP contribution is -2.27. The SMILES string of the molecule is CC(=O)N1COc2c1ccc1c(CO)cc(=O)n(C)c21.Cc1cc(=O)n2c3c(c(-c4ccc(O)cc4)ccc13)OC2.Cn1c(=O)cc(CO)c2ccc3c(c21)OCO3.Nc1ccc(-c2cc3c(cc2F)c(COC(=O)CCC(=O)O)cc(=O)n3C2CC2)cc1.O=c1cc(CO)c2cc(F)c(-c3ccc(O)cc3)cc2n1C1CC1.O=c1cc(CO)c2ccc(-c3ccc(O)cc3)c3c2n1CO3. The predicted molar refractivity (Wildman–Crippen MR) is 500 cm³/mol. The van der Waals surface area contributed by atoms with Gasteiger partial charge in [-0.05, 0) is 186 Å². The van der Waals surface area contributed by atoms with E-state index in [1.165, 1.54) is 75.6 Å². The number of aliphatic hydroxyl groups is 4. The molecule has 6 aliphatic rings. The van der Waals surface area contributed by atoms with Gasteiger partial charge in [0.15, 0.2) is 48.9 Å². The number of hydrogen-bond acceptors (Lipinski definition) is 23. The number of aryl methyl sites for hydroxylation is 3. The van der Waals surface area contributed by atoms with Crippen LogP contribution < -0.4 is 67.7 Å². The Bertz CT molecular complexity index is 7900. The molecule has 2 aliphatic carbocycles. The van der Waals surface area contributed by atoms with Crippen LogP contribution in [0.15, 0.2) is 235 Å². The van der Waals surface area contributed by atoms with Crippen molar-refractivity contribution in [1.82, 2.24) is 27.4 Å². The first-order valence-electron chi connectivity index (χ1n) is 42.9. The van der Waals surface area contributed by atoms with Crippen LogP contribution in [0.5, 0.6) is 46.0 Å². The van der Waals surface area contributed by atoms with Crippen LogP contribution in [0.1, 0.15) is 90.9 Å². The highest BCUT2D eigenvalue weighted by atomic mass is 19.1. The van der Waals surface area contributed by atoms with Gasteiger partial charge in [-0.25, -0.2) is 8.78 Å². The van der Waals surface area contributed by atoms with E-state index in [2.05, 4.69) is 0 Å². The number of fused-ring (bicyclic) bond motifs is 8. The maximum absolute atomic E-state index is 15.1. The van der Waals surface area contributed by atoms with Crippen LogP contribution in [0, 0.1) is 18.6 Å². The molecule has 10 heterocycles. The Labute approximate surface area is 763 Å². The summed E-state index contributed by atoms with van der Waals surface area (Å²) in [4.78, 5) is 109. The molecule has 0 atom stereocenters. The molecule has 33 heteroatoms. The first kappa shape index (κ1) is 90.7. The van der Waals surface area contributed by atoms with Crippen molar-refractivity contribution in [2.45, 2.75) is 111 Å². The number of phenols is 3. The van der Waals surface area contributed by atoms with Crippen LogP contribution in [-0.2, 0) is 79.7 Å². The molecule has 22 rings (SSSR count). The quantitative estimate of drug-likeness (QED) is 0.0340. The number of pyridine rings is 6. The molecule has 135 heavy (non-hydrogen) atoms. The van der Waals surface area contributed by atoms with Crippen LogP contribution in [0.4, 0.5) is 20.2 Å². The number of esters is 1. The topological polar surface area (TPSA) is 430 Å². The summed E-state index contributed by atoms with van der Waals surface area (Å²) < 4.78 is 72.1. The fourth-order valence-electron chi connectivity index (χ4n) is 17.2. The number of aromatic nitrogens is 6. The summed E-state index contributed by atoms with van der Waals surface area (Å²) in [7, 11) is 3.32. The highest BCUT2D eigenvalue weighted by Gasteiger charge is 2.33. The number of phenolic OH excluding ortho intramolecular Hbond substituents is 3. The number of aliphatic hydroxyl groups excluding tert-OH is 4. The van der Waals surface area contributed by atoms with Crippen LogP contribution in [0.25, 0.3) is 110 Å². The summed E-state index contributed by atoms with van der Waals surface area (Å²) >= 11 is 0. The number of nitrogen functional groups attached to an aromatic ring is 1. The van der Waals surface area contributed by atoms with Gasteiger partial charge in [-0.15, -0.1) is 0 Å². The number of carboxylic acids is 1. The van der Waals surface area contributed by atoms with E-state index in [1.54, 1.807) is 142 Å². The number of nitrogens with zero attached hydrogens (tertiary/aromatic N) is 7. The standard InChI is InChI=1S/C23H21FN2O5.C19H16FNO3.C17H13NO4.C17H13NO3.C14H14N2O4.C12H11NO4/c24-19-10-18-14(12-31-23(30)8-7-22(28)29)9-21(27)26(16-5-6-16)20(18)11-17(19)13-1-3-15(25)4-2-13;20-17-8-16-12(10-22)7-19(24)21(13-3-4-13)18(16)9-15(17)11-1-5-14(23)6-2-11;19-8-11-7-15(21)18-9-22-17-14(6-5-13(11)16(17)18)10-1-3-12(20)4-2-10;1-10-8-15(20)18-9-21-17-14(7-6-13(10)16(17)18)11-2-4-12(19)5-3-11;1-8(18)16-7-20-14-11(16)4-3-10-9(6-17)5-12(19)15(2)13(10)14;1-13-10(15)4-7(5-14)8-2-3-9-12(11(8)13)17-6-16-9/h1-4,9-11,16H,5-8,12,25H2,(H,28,29);1-2,5-9,13,22-23H,3-4,10H2;1-7,19-20H,8-9H2;2-8,19H,9H2,1H3;3-5,17H,6-7H2,1-2H3;2-4,14H,5-6H2,1H3. The number of benzene rings is 10. The maximum Gasteiger partial charge on any atom is 0.306 e. The molecule has 6 aromatic heterocycles. The highest BCUT2D eigenvalue weighted by Crippen LogP contribution is 2.47. The fraction of sp³-hybridized carbons (Fsp3) is 0.206. The van der Waals surface area contributed by atoms with Gasteiger partial charge in [0.1, 0.15) is 35.5 Å². The van der Waals surface area contributed by atoms with Gasteiger partial charge in [0, 0.05) is 135 Å². The van der Waals surface area contributed by atoms with Crippen LogP contribution in [-0.4, -0.2) is 99.6 Å². The average Bonchev–Trinajstić information content (AvgIpc) is 1.67. The predicted octanol–water partition coefficient (Wildman–Crippen LogP) is 13.7. The Morgan fingerprint density at radius 2 is 0.815 bits per heavy atom. The number of hydrogen-bond donors (Lipinski definition) is 9. The van der Waals surface area contributed by atoms with Crippen molar-refractivity contribution in [3.8, 4) is 90.5 Å². The Morgan fingerprint density at radius 3 is 1.30 bits per heavy atom. The lowest BCUT2D eigenvalue weighted by molar-refractivity contribution is -0.148. The van der Waals surface area contributed by atoms with Gasteiger partial charge in [-0.2, -0.15) is 0 Å². The van der Waals surface area contributed by atoms with E-state index in [4.69, 9.17) is 39.3 Å². The first-order valence-corrected chi connectivity index (χ1v) is 42.9. The summed E-state index contributed by atoms with van der Waals surface area (Å²) in [5.41, 5.74) is 19.0. The minimum atomic E-state index is -1.10. The minimum Gasteiger partial charge on any atom is -0.508 e. The second-order valence-electron chi connectivity index (χ2n) is 33.0. The van der Waals surface area contributed by atoms with Crippen LogP contribution in [0.2, 0.25) is 0 Å². The number of carboxylic acid groups (broad SMARTS) is 1. The molecule has 10 N–H and O–H groups in total. The number of rotatable bonds is 15. The van der Waals surface area contributed by atoms with E-state index in [9.17, 15) is 83.3 Å². The second-order valence-corrected chi connectivity index (χ2v) is 33.0. The molecule has 0 bridgehead atoms. The molecule has 688 valence electrons. The average molecular weight is 1830 g/mol. The zero-order valence-electron chi connectivity index (χ0n) is 73.1. The van der Waals surface area contributed by atoms with E-state index in [1.807, 2.05) is 49.4 Å². The van der Waals surface area contributed by atoms with Gasteiger partial charge in [-0.3, -0.25) is 57.2 Å². The number of amides is 1. The van der Waals surface area contributed by atoms with Crippen LogP contribution >= 0.6 is 0 Å². The molecule has 2 saturated carbocycles. The zero-order valence-corrected chi connectivity index (χ0v) is 73.1. The molecule has 16 aromatic rings. The Balaban J connectivity index is 0.000000114. The van der Waals surface area contributed by atoms with Gasteiger partial charge in [0.05, 0.1) is 78.1 Å². The molecule has 1 amide bonds. The van der Waals surface area contributed by atoms with E-state index >= 15 is 4.39 Å². The number of anilines is 2. The Kier molecular flexibility index (Phi) is 25.2. The third-order valence-electron chi connectivity index (χ3n) is 24.3. The molecular weight excluding hydrogens is 1740 g/mol. The number of carbonyl (C=O) groups is 3. The number of ether oxygens (including phenoxy) is 6. The van der Waals surface area contributed by atoms with Crippen molar-refractivity contribution < 1.29 is 92.4 Å². The summed E-state index contributed by atoms with van der Waals surface area (Å²) in [6, 6.07) is 56.7. The molecular formula is C102H88F2N8O23. The molecule has 0 saturated heterocycles. The van der Waals surface area contributed by atoms with Crippen molar-refractivity contribution in [3.05, 3.63) is 313 Å². The second kappa shape index (κ2) is 37.6. The van der Waals surface area contributed by atoms with Gasteiger partial charge in [0.2, 0.25) is 12.7 Å². The van der Waals surface area contributed by atoms with Crippen LogP contribution in [0.3, 0.4) is 0 Å². The summed E-state index contributed by atoms with van der Waals surface area (Å²) in [5, 5.41) is 79.0. The van der Waals surface area contributed by atoms with Gasteiger partial charge in [-0.1, -0.05) is 66.7 Å². The van der Waals surface area contributed by atoms with Gasteiger partial charge in [0.25, 0.3) is 33.4 Å². The maximum atomic E-state index is 15.1. The van der Waals surface area contributed by atoms with E-state index < -0.39 is 23.6 Å². The molecule has 0 radical (unpaired) electrons. The van der Waals surface area contributed by atoms with E-state index in [0.717, 1.165) is 86.3 Å². The molecule has 31 nitrogen and oxygen atoms in total. The van der Waals surface area contributed by atoms with Crippen molar-refractivity contribution in [2.75, 3.05) is 24.2 Å². The largest absolute Gasteiger partial charge is 0.508 e. The monoisotopic (exact) mass is 1830 g/mol. The molecule has 10 aromatic carbocycles. The zero-order chi connectivity index (χ0) is 95.2. The fourth-order valence-corrected chi connectivity index (χ4v) is 17.2. The third kappa shape index (κ3) is 17.9. The number of aliphatic carboxylic acids is 1. The first-order chi connectivity index (χ1) is 65.0.